The van der Waals surface area contributed by atoms with Crippen LogP contribution in [0.25, 0.3) is 0 Å². The molecule has 1 atom stereocenters. The molecule has 25 heavy (non-hydrogen) atoms. The second kappa shape index (κ2) is 7.65. The number of carbonyl (C=O) groups excluding carboxylic acids is 1. The summed E-state index contributed by atoms with van der Waals surface area (Å²) in [5, 5.41) is 16.2. The van der Waals surface area contributed by atoms with E-state index in [9.17, 15) is 14.9 Å². The van der Waals surface area contributed by atoms with Gasteiger partial charge < -0.3 is 15.5 Å². The highest BCUT2D eigenvalue weighted by atomic mass is 16.6. The number of para-hydroxylation sites is 1. The van der Waals surface area contributed by atoms with Crippen LogP contribution in [-0.4, -0.2) is 30.6 Å². The molecule has 0 bridgehead atoms. The predicted molar refractivity (Wildman–Crippen MR) is 96.9 cm³/mol. The van der Waals surface area contributed by atoms with E-state index in [1.807, 2.05) is 18.2 Å². The van der Waals surface area contributed by atoms with Gasteiger partial charge in [0.2, 0.25) is 0 Å². The van der Waals surface area contributed by atoms with Gasteiger partial charge in [0, 0.05) is 43.1 Å². The van der Waals surface area contributed by atoms with Gasteiger partial charge in [-0.2, -0.15) is 0 Å². The number of amides is 2. The molecule has 1 heterocycles. The number of anilines is 2. The van der Waals surface area contributed by atoms with Crippen LogP contribution in [0.2, 0.25) is 0 Å². The molecule has 1 fully saturated rings. The van der Waals surface area contributed by atoms with Crippen molar-refractivity contribution in [3.63, 3.8) is 0 Å². The Morgan fingerprint density at radius 1 is 1.16 bits per heavy atom. The third-order valence-corrected chi connectivity index (χ3v) is 4.29. The van der Waals surface area contributed by atoms with Crippen molar-refractivity contribution in [2.24, 2.45) is 5.92 Å². The van der Waals surface area contributed by atoms with Crippen LogP contribution in [0.15, 0.2) is 54.6 Å². The number of non-ortho nitro benzene ring substituents is 1. The zero-order chi connectivity index (χ0) is 17.6. The summed E-state index contributed by atoms with van der Waals surface area (Å²) in [5.74, 6) is 0.405. The summed E-state index contributed by atoms with van der Waals surface area (Å²) >= 11 is 0. The molecular weight excluding hydrogens is 320 g/mol. The number of carbonyl (C=O) groups is 1. The Morgan fingerprint density at radius 2 is 1.88 bits per heavy atom. The summed E-state index contributed by atoms with van der Waals surface area (Å²) in [6.07, 6.45) is 1.03. The highest BCUT2D eigenvalue weighted by Crippen LogP contribution is 2.23. The van der Waals surface area contributed by atoms with Crippen molar-refractivity contribution in [1.82, 2.24) is 5.32 Å². The fourth-order valence-electron chi connectivity index (χ4n) is 2.95. The molecule has 0 spiro atoms. The van der Waals surface area contributed by atoms with E-state index in [0.29, 0.717) is 18.2 Å². The third kappa shape index (κ3) is 4.47. The van der Waals surface area contributed by atoms with E-state index in [0.717, 1.165) is 19.5 Å². The van der Waals surface area contributed by atoms with Crippen LogP contribution in [0.3, 0.4) is 0 Å². The fourth-order valence-corrected chi connectivity index (χ4v) is 2.95. The van der Waals surface area contributed by atoms with Gasteiger partial charge in [0.25, 0.3) is 5.69 Å². The van der Waals surface area contributed by atoms with E-state index in [2.05, 4.69) is 27.7 Å². The lowest BCUT2D eigenvalue weighted by molar-refractivity contribution is -0.384. The summed E-state index contributed by atoms with van der Waals surface area (Å²) in [6, 6.07) is 15.7. The van der Waals surface area contributed by atoms with Crippen LogP contribution in [0, 0.1) is 16.0 Å². The Hall–Kier alpha value is -3.09. The van der Waals surface area contributed by atoms with Gasteiger partial charge >= 0.3 is 6.03 Å². The van der Waals surface area contributed by atoms with Crippen molar-refractivity contribution in [2.75, 3.05) is 29.9 Å². The van der Waals surface area contributed by atoms with Crippen molar-refractivity contribution < 1.29 is 9.72 Å². The topological polar surface area (TPSA) is 87.5 Å². The molecule has 2 N–H and O–H groups in total. The second-order valence-corrected chi connectivity index (χ2v) is 6.08. The molecule has 0 aliphatic carbocycles. The second-order valence-electron chi connectivity index (χ2n) is 6.08. The minimum Gasteiger partial charge on any atom is -0.371 e. The molecule has 7 heteroatoms. The molecule has 2 aromatic carbocycles. The van der Waals surface area contributed by atoms with Crippen LogP contribution < -0.4 is 15.5 Å². The summed E-state index contributed by atoms with van der Waals surface area (Å²) in [7, 11) is 0. The van der Waals surface area contributed by atoms with E-state index in [1.165, 1.54) is 30.0 Å². The number of nitrogens with one attached hydrogen (secondary N) is 2. The molecule has 2 aromatic rings. The maximum atomic E-state index is 12.0. The van der Waals surface area contributed by atoms with E-state index >= 15 is 0 Å². The van der Waals surface area contributed by atoms with Crippen LogP contribution in [-0.2, 0) is 0 Å². The van der Waals surface area contributed by atoms with E-state index in [1.54, 1.807) is 0 Å². The van der Waals surface area contributed by atoms with Gasteiger partial charge in [-0.25, -0.2) is 4.79 Å². The summed E-state index contributed by atoms with van der Waals surface area (Å²) in [4.78, 5) is 24.4. The number of nitro groups is 1. The van der Waals surface area contributed by atoms with Gasteiger partial charge in [-0.3, -0.25) is 10.1 Å². The van der Waals surface area contributed by atoms with E-state index in [-0.39, 0.29) is 11.7 Å². The maximum Gasteiger partial charge on any atom is 0.319 e. The molecule has 0 aromatic heterocycles. The van der Waals surface area contributed by atoms with Gasteiger partial charge in [0.15, 0.2) is 0 Å². The fraction of sp³-hybridized carbons (Fsp3) is 0.278. The van der Waals surface area contributed by atoms with Crippen LogP contribution >= 0.6 is 0 Å². The lowest BCUT2D eigenvalue weighted by Crippen LogP contribution is -2.34. The minimum absolute atomic E-state index is 0.00193. The number of benzene rings is 2. The first-order valence-electron chi connectivity index (χ1n) is 8.21. The Bertz CT molecular complexity index is 734. The molecular formula is C18H20N4O3. The van der Waals surface area contributed by atoms with Gasteiger partial charge in [-0.05, 0) is 36.6 Å². The molecule has 1 saturated heterocycles. The van der Waals surface area contributed by atoms with Gasteiger partial charge in [0.05, 0.1) is 4.92 Å². The molecule has 1 aliphatic rings. The smallest absolute Gasteiger partial charge is 0.319 e. The normalized spacial score (nSPS) is 16.5. The first kappa shape index (κ1) is 16.8. The van der Waals surface area contributed by atoms with Crippen LogP contribution in [0.4, 0.5) is 21.9 Å². The SMILES string of the molecule is O=C(NCC1CCN(c2ccccc2)C1)Nc1ccc([N+](=O)[O-])cc1. The standard InChI is InChI=1S/C18H20N4O3/c23-18(20-15-6-8-17(9-7-15)22(24)25)19-12-14-10-11-21(13-14)16-4-2-1-3-5-16/h1-9,14H,10-13H2,(H2,19,20,23). The lowest BCUT2D eigenvalue weighted by Gasteiger charge is -2.18. The largest absolute Gasteiger partial charge is 0.371 e. The lowest BCUT2D eigenvalue weighted by atomic mass is 10.1. The van der Waals surface area contributed by atoms with Gasteiger partial charge in [0.1, 0.15) is 0 Å². The third-order valence-electron chi connectivity index (χ3n) is 4.29. The number of rotatable bonds is 5. The highest BCUT2D eigenvalue weighted by molar-refractivity contribution is 5.89. The molecule has 1 aliphatic heterocycles. The molecule has 0 saturated carbocycles. The number of urea groups is 1. The predicted octanol–water partition coefficient (Wildman–Crippen LogP) is 3.24. The van der Waals surface area contributed by atoms with Crippen molar-refractivity contribution in [3.05, 3.63) is 64.7 Å². The summed E-state index contributed by atoms with van der Waals surface area (Å²) < 4.78 is 0. The number of hydrogen-bond acceptors (Lipinski definition) is 4. The van der Waals surface area contributed by atoms with Crippen molar-refractivity contribution >= 4 is 23.1 Å². The van der Waals surface area contributed by atoms with Crippen molar-refractivity contribution in [2.45, 2.75) is 6.42 Å². The van der Waals surface area contributed by atoms with Gasteiger partial charge in [-0.1, -0.05) is 18.2 Å². The van der Waals surface area contributed by atoms with E-state index in [4.69, 9.17) is 0 Å². The zero-order valence-corrected chi connectivity index (χ0v) is 13.7. The Morgan fingerprint density at radius 3 is 2.56 bits per heavy atom. The molecule has 2 amide bonds. The first-order chi connectivity index (χ1) is 12.1. The summed E-state index contributed by atoms with van der Waals surface area (Å²) in [6.45, 7) is 2.50. The zero-order valence-electron chi connectivity index (χ0n) is 13.7. The Balaban J connectivity index is 1.44. The molecule has 7 nitrogen and oxygen atoms in total. The Labute approximate surface area is 145 Å². The maximum absolute atomic E-state index is 12.0. The average molecular weight is 340 g/mol. The molecule has 3 rings (SSSR count). The molecule has 1 unspecified atom stereocenters. The van der Waals surface area contributed by atoms with Crippen LogP contribution in [0.1, 0.15) is 6.42 Å². The van der Waals surface area contributed by atoms with Crippen LogP contribution in [0.5, 0.6) is 0 Å². The average Bonchev–Trinajstić information content (AvgIpc) is 3.10. The minimum atomic E-state index is -0.470. The number of hydrogen-bond donors (Lipinski definition) is 2. The number of nitrogens with zero attached hydrogens (tertiary/aromatic N) is 2. The van der Waals surface area contributed by atoms with E-state index < -0.39 is 4.92 Å². The molecule has 130 valence electrons. The summed E-state index contributed by atoms with van der Waals surface area (Å²) in [5.41, 5.74) is 1.73. The van der Waals surface area contributed by atoms with Crippen molar-refractivity contribution in [1.29, 1.82) is 0 Å². The first-order valence-corrected chi connectivity index (χ1v) is 8.21. The molecule has 0 radical (unpaired) electrons. The van der Waals surface area contributed by atoms with Crippen molar-refractivity contribution in [3.8, 4) is 0 Å². The quantitative estimate of drug-likeness (QED) is 0.646. The highest BCUT2D eigenvalue weighted by Gasteiger charge is 2.22. The van der Waals surface area contributed by atoms with Gasteiger partial charge in [-0.15, -0.1) is 0 Å². The monoisotopic (exact) mass is 340 g/mol. The Kier molecular flexibility index (Phi) is 5.13. The number of nitro benzene ring substituents is 1.